The second-order valence-corrected chi connectivity index (χ2v) is 6.54. The van der Waals surface area contributed by atoms with E-state index in [1.165, 1.54) is 5.56 Å². The molecule has 0 aliphatic carbocycles. The second kappa shape index (κ2) is 7.25. The summed E-state index contributed by atoms with van der Waals surface area (Å²) in [7, 11) is 3.72. The van der Waals surface area contributed by atoms with Crippen molar-refractivity contribution in [3.8, 4) is 5.75 Å². The quantitative estimate of drug-likeness (QED) is 0.704. The molecule has 26 heavy (non-hydrogen) atoms. The summed E-state index contributed by atoms with van der Waals surface area (Å²) in [6, 6.07) is 10.2. The molecule has 6 heteroatoms. The molecule has 1 aliphatic rings. The second-order valence-electron chi connectivity index (χ2n) is 6.54. The van der Waals surface area contributed by atoms with Crippen molar-refractivity contribution in [1.82, 2.24) is 15.0 Å². The Bertz CT molecular complexity index is 909. The van der Waals surface area contributed by atoms with E-state index in [1.807, 2.05) is 19.2 Å². The maximum absolute atomic E-state index is 5.48. The van der Waals surface area contributed by atoms with Crippen LogP contribution in [0.2, 0.25) is 0 Å². The van der Waals surface area contributed by atoms with Gasteiger partial charge in [0, 0.05) is 43.8 Å². The summed E-state index contributed by atoms with van der Waals surface area (Å²) in [6.07, 6.45) is 4.46. The van der Waals surface area contributed by atoms with Gasteiger partial charge in [-0.2, -0.15) is 0 Å². The van der Waals surface area contributed by atoms with Crippen LogP contribution in [0.3, 0.4) is 0 Å². The number of ether oxygens (including phenoxy) is 2. The number of hydrogen-bond acceptors (Lipinski definition) is 6. The van der Waals surface area contributed by atoms with Crippen LogP contribution in [0.5, 0.6) is 5.75 Å². The molecule has 0 saturated carbocycles. The minimum absolute atomic E-state index is 0.371. The number of hydrogen-bond donors (Lipinski definition) is 0. The third kappa shape index (κ3) is 3.20. The highest BCUT2D eigenvalue weighted by molar-refractivity contribution is 5.87. The number of nitrogens with zero attached hydrogens (tertiary/aromatic N) is 4. The van der Waals surface area contributed by atoms with Crippen LogP contribution in [-0.4, -0.2) is 42.3 Å². The zero-order chi connectivity index (χ0) is 17.9. The van der Waals surface area contributed by atoms with Crippen molar-refractivity contribution in [3.63, 3.8) is 0 Å². The van der Waals surface area contributed by atoms with Gasteiger partial charge in [-0.15, -0.1) is 0 Å². The van der Waals surface area contributed by atoms with E-state index in [2.05, 4.69) is 38.1 Å². The van der Waals surface area contributed by atoms with Gasteiger partial charge in [0.25, 0.3) is 0 Å². The molecule has 0 spiro atoms. The van der Waals surface area contributed by atoms with Crippen molar-refractivity contribution < 1.29 is 9.47 Å². The van der Waals surface area contributed by atoms with Gasteiger partial charge in [-0.3, -0.25) is 4.98 Å². The third-order valence-corrected chi connectivity index (χ3v) is 4.86. The van der Waals surface area contributed by atoms with Crippen molar-refractivity contribution in [2.45, 2.75) is 18.9 Å². The molecule has 1 atom stereocenters. The molecule has 1 aromatic carbocycles. The molecule has 134 valence electrons. The predicted molar refractivity (Wildman–Crippen MR) is 101 cm³/mol. The van der Waals surface area contributed by atoms with E-state index >= 15 is 0 Å². The Morgan fingerprint density at radius 2 is 2.15 bits per heavy atom. The number of rotatable bonds is 5. The fourth-order valence-corrected chi connectivity index (χ4v) is 3.41. The van der Waals surface area contributed by atoms with Crippen LogP contribution in [0.25, 0.3) is 10.9 Å². The van der Waals surface area contributed by atoms with Gasteiger partial charge in [0.05, 0.1) is 19.4 Å². The number of methoxy groups -OCH3 is 1. The fraction of sp³-hybridized carbons (Fsp3) is 0.350. The molecule has 6 nitrogen and oxygen atoms in total. The average Bonchev–Trinajstić information content (AvgIpc) is 3.23. The highest BCUT2D eigenvalue weighted by atomic mass is 16.5. The Balaban J connectivity index is 1.61. The van der Waals surface area contributed by atoms with E-state index in [9.17, 15) is 0 Å². The Labute approximate surface area is 152 Å². The Morgan fingerprint density at radius 1 is 1.23 bits per heavy atom. The molecule has 1 saturated heterocycles. The predicted octanol–water partition coefficient (Wildman–Crippen LogP) is 3.17. The third-order valence-electron chi connectivity index (χ3n) is 4.86. The Hall–Kier alpha value is -2.73. The average molecular weight is 350 g/mol. The number of benzene rings is 1. The van der Waals surface area contributed by atoms with Crippen LogP contribution < -0.4 is 9.64 Å². The highest BCUT2D eigenvalue weighted by Gasteiger charge is 2.20. The smallest absolute Gasteiger partial charge is 0.145 e. The fourth-order valence-electron chi connectivity index (χ4n) is 3.41. The first kappa shape index (κ1) is 16.7. The molecule has 3 aromatic rings. The van der Waals surface area contributed by atoms with Crippen LogP contribution in [0.15, 0.2) is 42.9 Å². The Morgan fingerprint density at radius 3 is 2.96 bits per heavy atom. The first-order valence-electron chi connectivity index (χ1n) is 8.77. The lowest BCUT2D eigenvalue weighted by atomic mass is 10.0. The molecular weight excluding hydrogens is 328 g/mol. The summed E-state index contributed by atoms with van der Waals surface area (Å²) in [5, 5.41) is 1.09. The van der Waals surface area contributed by atoms with E-state index in [4.69, 9.17) is 9.47 Å². The summed E-state index contributed by atoms with van der Waals surface area (Å²) in [6.45, 7) is 2.28. The topological polar surface area (TPSA) is 60.4 Å². The summed E-state index contributed by atoms with van der Waals surface area (Å²) >= 11 is 0. The monoisotopic (exact) mass is 350 g/mol. The van der Waals surface area contributed by atoms with E-state index in [1.54, 1.807) is 19.6 Å². The van der Waals surface area contributed by atoms with E-state index in [0.717, 1.165) is 54.3 Å². The van der Waals surface area contributed by atoms with Gasteiger partial charge in [0.15, 0.2) is 0 Å². The molecule has 0 unspecified atom stereocenters. The van der Waals surface area contributed by atoms with Crippen molar-refractivity contribution >= 4 is 16.7 Å². The van der Waals surface area contributed by atoms with Crippen molar-refractivity contribution in [2.75, 3.05) is 32.3 Å². The maximum Gasteiger partial charge on any atom is 0.145 e. The zero-order valence-corrected chi connectivity index (χ0v) is 15.1. The first-order chi connectivity index (χ1) is 12.8. The molecular formula is C20H22N4O2. The summed E-state index contributed by atoms with van der Waals surface area (Å²) < 4.78 is 10.9. The lowest BCUT2D eigenvalue weighted by molar-refractivity contribution is 0.193. The molecule has 0 radical (unpaired) electrons. The summed E-state index contributed by atoms with van der Waals surface area (Å²) in [5.41, 5.74) is 3.12. The standard InChI is InChI=1S/C20H22N4O2/c1-24(19-10-17(22-13-23-19)15-7-9-26-12-15)11-14-5-6-18(25-2)20-16(14)4-3-8-21-20/h3-6,8,10,13,15H,7,9,11-12H2,1-2H3/t15-/m1/s1. The Kier molecular flexibility index (Phi) is 4.67. The van der Waals surface area contributed by atoms with Gasteiger partial charge < -0.3 is 14.4 Å². The van der Waals surface area contributed by atoms with E-state index in [0.29, 0.717) is 5.92 Å². The van der Waals surface area contributed by atoms with Gasteiger partial charge >= 0.3 is 0 Å². The van der Waals surface area contributed by atoms with E-state index in [-0.39, 0.29) is 0 Å². The number of aromatic nitrogens is 3. The molecule has 0 N–H and O–H groups in total. The molecule has 1 aliphatic heterocycles. The minimum Gasteiger partial charge on any atom is -0.494 e. The zero-order valence-electron chi connectivity index (χ0n) is 15.1. The van der Waals surface area contributed by atoms with Gasteiger partial charge in [-0.25, -0.2) is 9.97 Å². The molecule has 2 aromatic heterocycles. The summed E-state index contributed by atoms with van der Waals surface area (Å²) in [4.78, 5) is 15.5. The van der Waals surface area contributed by atoms with Crippen LogP contribution in [-0.2, 0) is 11.3 Å². The SMILES string of the molecule is COc1ccc(CN(C)c2cc([C@@H]3CCOC3)ncn2)c2cccnc12. The highest BCUT2D eigenvalue weighted by Crippen LogP contribution is 2.29. The van der Waals surface area contributed by atoms with Gasteiger partial charge in [0.2, 0.25) is 0 Å². The molecule has 0 amide bonds. The summed E-state index contributed by atoms with van der Waals surface area (Å²) in [5.74, 6) is 2.07. The number of fused-ring (bicyclic) bond motifs is 1. The number of pyridine rings is 1. The minimum atomic E-state index is 0.371. The van der Waals surface area contributed by atoms with E-state index < -0.39 is 0 Å². The molecule has 3 heterocycles. The molecule has 0 bridgehead atoms. The maximum atomic E-state index is 5.48. The van der Waals surface area contributed by atoms with Crippen LogP contribution in [0.4, 0.5) is 5.82 Å². The van der Waals surface area contributed by atoms with Gasteiger partial charge in [0.1, 0.15) is 23.4 Å². The van der Waals surface area contributed by atoms with Crippen LogP contribution in [0.1, 0.15) is 23.6 Å². The first-order valence-corrected chi connectivity index (χ1v) is 8.77. The number of anilines is 1. The van der Waals surface area contributed by atoms with Crippen molar-refractivity contribution in [3.05, 3.63) is 54.1 Å². The molecule has 4 rings (SSSR count). The van der Waals surface area contributed by atoms with Crippen LogP contribution >= 0.6 is 0 Å². The van der Waals surface area contributed by atoms with Gasteiger partial charge in [-0.1, -0.05) is 12.1 Å². The van der Waals surface area contributed by atoms with Crippen molar-refractivity contribution in [2.24, 2.45) is 0 Å². The van der Waals surface area contributed by atoms with Crippen molar-refractivity contribution in [1.29, 1.82) is 0 Å². The van der Waals surface area contributed by atoms with Gasteiger partial charge in [-0.05, 0) is 24.1 Å². The molecule has 1 fully saturated rings. The normalized spacial score (nSPS) is 16.8. The van der Waals surface area contributed by atoms with Crippen LogP contribution in [0, 0.1) is 0 Å². The largest absolute Gasteiger partial charge is 0.494 e. The lowest BCUT2D eigenvalue weighted by Crippen LogP contribution is -2.19. The lowest BCUT2D eigenvalue weighted by Gasteiger charge is -2.20.